The number of rotatable bonds is 5. The van der Waals surface area contributed by atoms with Crippen LogP contribution in [0.3, 0.4) is 0 Å². The number of aromatic carboxylic acids is 1. The molecule has 106 valence electrons. The molecule has 0 bridgehead atoms. The van der Waals surface area contributed by atoms with Crippen LogP contribution >= 0.6 is 11.8 Å². The summed E-state index contributed by atoms with van der Waals surface area (Å²) in [5, 5.41) is 9.06. The van der Waals surface area contributed by atoms with Gasteiger partial charge in [0.25, 0.3) is 5.91 Å². The lowest BCUT2D eigenvalue weighted by Crippen LogP contribution is -2.37. The third-order valence-electron chi connectivity index (χ3n) is 3.25. The summed E-state index contributed by atoms with van der Waals surface area (Å²) in [7, 11) is 1.75. The van der Waals surface area contributed by atoms with E-state index in [1.165, 1.54) is 0 Å². The average molecular weight is 284 g/mol. The molecule has 0 radical (unpaired) electrons. The summed E-state index contributed by atoms with van der Waals surface area (Å²) in [6.07, 6.45) is 1.99. The number of nitrogens with zero attached hydrogens (tertiary/aromatic N) is 1. The molecule has 0 saturated carbocycles. The second-order valence-electron chi connectivity index (χ2n) is 4.65. The Morgan fingerprint density at radius 2 is 2.00 bits per heavy atom. The highest BCUT2D eigenvalue weighted by molar-refractivity contribution is 7.98. The van der Waals surface area contributed by atoms with E-state index in [0.29, 0.717) is 16.8 Å². The number of hydrogen-bond acceptors (Lipinski definition) is 3. The fourth-order valence-corrected chi connectivity index (χ4v) is 2.72. The van der Waals surface area contributed by atoms with Crippen molar-refractivity contribution < 1.29 is 14.7 Å². The Balaban J connectivity index is 3.10. The van der Waals surface area contributed by atoms with Crippen molar-refractivity contribution in [3.05, 3.63) is 22.5 Å². The quantitative estimate of drug-likeness (QED) is 0.869. The Bertz CT molecular complexity index is 496. The van der Waals surface area contributed by atoms with Gasteiger partial charge in [-0.15, -0.1) is 0 Å². The molecule has 0 saturated heterocycles. The monoisotopic (exact) mass is 284 g/mol. The molecule has 1 atom stereocenters. The summed E-state index contributed by atoms with van der Waals surface area (Å²) in [5.41, 5.74) is 1.65. The van der Waals surface area contributed by atoms with E-state index in [-0.39, 0.29) is 17.6 Å². The van der Waals surface area contributed by atoms with Gasteiger partial charge in [0.05, 0.1) is 5.56 Å². The molecule has 1 rings (SSSR count). The summed E-state index contributed by atoms with van der Waals surface area (Å²) in [6, 6.07) is 0.101. The number of carboxylic acids is 1. The fourth-order valence-electron chi connectivity index (χ4n) is 2.01. The molecule has 19 heavy (non-hydrogen) atoms. The van der Waals surface area contributed by atoms with E-state index in [9.17, 15) is 9.59 Å². The number of aryl methyl sites for hydroxylation is 1. The second kappa shape index (κ2) is 6.14. The molecule has 0 aliphatic carbocycles. The van der Waals surface area contributed by atoms with E-state index in [2.05, 4.69) is 4.98 Å². The topological polar surface area (TPSA) is 73.4 Å². The van der Waals surface area contributed by atoms with E-state index < -0.39 is 5.97 Å². The summed E-state index contributed by atoms with van der Waals surface area (Å²) >= 11 is 1.67. The highest BCUT2D eigenvalue weighted by Gasteiger charge is 2.25. The van der Waals surface area contributed by atoms with Crippen molar-refractivity contribution in [3.63, 3.8) is 0 Å². The fraction of sp³-hybridized carbons (Fsp3) is 0.538. The van der Waals surface area contributed by atoms with Crippen molar-refractivity contribution in [2.45, 2.75) is 26.8 Å². The van der Waals surface area contributed by atoms with Gasteiger partial charge >= 0.3 is 5.97 Å². The van der Waals surface area contributed by atoms with Crippen molar-refractivity contribution in [1.82, 2.24) is 9.88 Å². The molecule has 1 aromatic heterocycles. The zero-order valence-corrected chi connectivity index (χ0v) is 12.7. The van der Waals surface area contributed by atoms with Crippen molar-refractivity contribution in [2.75, 3.05) is 19.1 Å². The minimum Gasteiger partial charge on any atom is -0.477 e. The van der Waals surface area contributed by atoms with E-state index in [4.69, 9.17) is 5.11 Å². The molecular formula is C13H20N2O3S. The summed E-state index contributed by atoms with van der Waals surface area (Å²) in [6.45, 7) is 5.36. The molecule has 0 fully saturated rings. The minimum absolute atomic E-state index is 0.0896. The maximum absolute atomic E-state index is 12.4. The Labute approximate surface area is 117 Å². The lowest BCUT2D eigenvalue weighted by Gasteiger charge is -2.24. The number of H-pyrrole nitrogens is 1. The van der Waals surface area contributed by atoms with Gasteiger partial charge in [0, 0.05) is 24.5 Å². The van der Waals surface area contributed by atoms with Crippen LogP contribution in [-0.2, 0) is 0 Å². The lowest BCUT2D eigenvalue weighted by molar-refractivity contribution is 0.0690. The molecular weight excluding hydrogens is 264 g/mol. The molecule has 0 aromatic carbocycles. The van der Waals surface area contributed by atoms with Gasteiger partial charge in [-0.3, -0.25) is 4.79 Å². The third-order valence-corrected chi connectivity index (χ3v) is 4.07. The zero-order chi connectivity index (χ0) is 14.7. The predicted molar refractivity (Wildman–Crippen MR) is 77.2 cm³/mol. The average Bonchev–Trinajstić information content (AvgIpc) is 2.63. The molecule has 0 spiro atoms. The normalized spacial score (nSPS) is 12.3. The van der Waals surface area contributed by atoms with Gasteiger partial charge in [0.15, 0.2) is 0 Å². The van der Waals surface area contributed by atoms with E-state index in [0.717, 1.165) is 5.75 Å². The number of aromatic nitrogens is 1. The number of aromatic amines is 1. The maximum atomic E-state index is 12.4. The molecule has 2 N–H and O–H groups in total. The van der Waals surface area contributed by atoms with Crippen LogP contribution in [0.4, 0.5) is 0 Å². The minimum atomic E-state index is -1.04. The number of nitrogens with one attached hydrogen (secondary N) is 1. The lowest BCUT2D eigenvalue weighted by atomic mass is 10.1. The van der Waals surface area contributed by atoms with Crippen molar-refractivity contribution in [1.29, 1.82) is 0 Å². The van der Waals surface area contributed by atoms with Crippen LogP contribution in [0.1, 0.15) is 39.0 Å². The first-order chi connectivity index (χ1) is 8.81. The van der Waals surface area contributed by atoms with Gasteiger partial charge in [0.1, 0.15) is 5.69 Å². The van der Waals surface area contributed by atoms with Crippen LogP contribution in [0, 0.1) is 13.8 Å². The number of amides is 1. The van der Waals surface area contributed by atoms with E-state index in [1.54, 1.807) is 37.6 Å². The Hall–Kier alpha value is -1.43. The first-order valence-electron chi connectivity index (χ1n) is 5.99. The Morgan fingerprint density at radius 3 is 2.42 bits per heavy atom. The summed E-state index contributed by atoms with van der Waals surface area (Å²) in [4.78, 5) is 27.9. The highest BCUT2D eigenvalue weighted by Crippen LogP contribution is 2.20. The van der Waals surface area contributed by atoms with Gasteiger partial charge in [-0.25, -0.2) is 4.79 Å². The predicted octanol–water partition coefficient (Wildman–Crippen LogP) is 2.15. The van der Waals surface area contributed by atoms with Crippen molar-refractivity contribution in [2.24, 2.45) is 0 Å². The number of carbonyl (C=O) groups excluding carboxylic acids is 1. The molecule has 1 aromatic rings. The molecule has 1 heterocycles. The van der Waals surface area contributed by atoms with Crippen LogP contribution in [0.5, 0.6) is 0 Å². The van der Waals surface area contributed by atoms with Crippen LogP contribution in [0.25, 0.3) is 0 Å². The van der Waals surface area contributed by atoms with Crippen molar-refractivity contribution >= 4 is 23.6 Å². The molecule has 0 aliphatic rings. The molecule has 1 unspecified atom stereocenters. The van der Waals surface area contributed by atoms with Crippen LogP contribution in [-0.4, -0.2) is 52.0 Å². The van der Waals surface area contributed by atoms with E-state index >= 15 is 0 Å². The molecule has 0 aliphatic heterocycles. The van der Waals surface area contributed by atoms with Gasteiger partial charge in [-0.2, -0.15) is 11.8 Å². The largest absolute Gasteiger partial charge is 0.477 e. The van der Waals surface area contributed by atoms with Crippen LogP contribution < -0.4 is 0 Å². The second-order valence-corrected chi connectivity index (χ2v) is 5.56. The Kier molecular flexibility index (Phi) is 5.05. The molecule has 5 nitrogen and oxygen atoms in total. The number of carbonyl (C=O) groups is 2. The third kappa shape index (κ3) is 3.12. The van der Waals surface area contributed by atoms with Gasteiger partial charge in [-0.05, 0) is 32.6 Å². The first-order valence-corrected chi connectivity index (χ1v) is 7.39. The van der Waals surface area contributed by atoms with E-state index in [1.807, 2.05) is 13.2 Å². The maximum Gasteiger partial charge on any atom is 0.352 e. The van der Waals surface area contributed by atoms with Gasteiger partial charge in [0.2, 0.25) is 0 Å². The Morgan fingerprint density at radius 1 is 1.42 bits per heavy atom. The molecule has 1 amide bonds. The summed E-state index contributed by atoms with van der Waals surface area (Å²) < 4.78 is 0. The van der Waals surface area contributed by atoms with Crippen LogP contribution in [0.15, 0.2) is 0 Å². The number of carboxylic acid groups (broad SMARTS) is 1. The zero-order valence-electron chi connectivity index (χ0n) is 11.9. The molecule has 6 heteroatoms. The SMILES string of the molecule is CSCC(C)N(C)C(=O)c1c(C)[nH]c(C(=O)O)c1C. The highest BCUT2D eigenvalue weighted by atomic mass is 32.2. The van der Waals surface area contributed by atoms with Crippen molar-refractivity contribution in [3.8, 4) is 0 Å². The number of hydrogen-bond donors (Lipinski definition) is 2. The smallest absolute Gasteiger partial charge is 0.352 e. The first kappa shape index (κ1) is 15.6. The van der Waals surface area contributed by atoms with Gasteiger partial charge < -0.3 is 15.0 Å². The summed E-state index contributed by atoms with van der Waals surface area (Å²) in [5.74, 6) is -0.337. The van der Waals surface area contributed by atoms with Crippen LogP contribution in [0.2, 0.25) is 0 Å². The standard InChI is InChI=1S/C13H20N2O3S/c1-7(6-19-5)15(4)12(16)10-8(2)11(13(17)18)14-9(10)3/h7,14H,6H2,1-5H3,(H,17,18). The van der Waals surface area contributed by atoms with Gasteiger partial charge in [-0.1, -0.05) is 0 Å². The number of thioether (sulfide) groups is 1.